The Morgan fingerprint density at radius 1 is 1.29 bits per heavy atom. The highest BCUT2D eigenvalue weighted by molar-refractivity contribution is 9.10. The molecule has 0 aliphatic heterocycles. The van der Waals surface area contributed by atoms with Gasteiger partial charge in [-0.2, -0.15) is 0 Å². The van der Waals surface area contributed by atoms with E-state index in [0.29, 0.717) is 11.1 Å². The molecule has 0 radical (unpaired) electrons. The summed E-state index contributed by atoms with van der Waals surface area (Å²) in [6, 6.07) is 7.52. The van der Waals surface area contributed by atoms with Crippen LogP contribution < -0.4 is 4.74 Å². The third-order valence-electron chi connectivity index (χ3n) is 2.81. The molecule has 110 valence electrons. The molecule has 0 atom stereocenters. The number of alkyl halides is 1. The number of halogens is 3. The summed E-state index contributed by atoms with van der Waals surface area (Å²) in [6.45, 7) is 1.82. The summed E-state index contributed by atoms with van der Waals surface area (Å²) < 4.78 is 19.1. The van der Waals surface area contributed by atoms with Gasteiger partial charge in [0.25, 0.3) is 0 Å². The number of nitrogens with zero attached hydrogens (tertiary/aromatic N) is 1. The molecule has 0 fully saturated rings. The molecule has 2 rings (SSSR count). The van der Waals surface area contributed by atoms with E-state index in [2.05, 4.69) is 31.9 Å². The van der Waals surface area contributed by atoms with E-state index < -0.39 is 10.7 Å². The minimum absolute atomic E-state index is 0.0212. The van der Waals surface area contributed by atoms with E-state index in [0.717, 1.165) is 23.3 Å². The zero-order valence-corrected chi connectivity index (χ0v) is 14.1. The van der Waals surface area contributed by atoms with E-state index in [1.165, 1.54) is 0 Å². The molecule has 0 amide bonds. The van der Waals surface area contributed by atoms with Crippen molar-refractivity contribution < 1.29 is 14.1 Å². The Hall–Kier alpha value is -1.47. The lowest BCUT2D eigenvalue weighted by atomic mass is 10.1. The van der Waals surface area contributed by atoms with E-state index in [9.17, 15) is 14.5 Å². The van der Waals surface area contributed by atoms with Crippen molar-refractivity contribution >= 4 is 37.5 Å². The van der Waals surface area contributed by atoms with Crippen molar-refractivity contribution in [3.05, 3.63) is 61.9 Å². The second-order valence-electron chi connectivity index (χ2n) is 4.33. The van der Waals surface area contributed by atoms with Gasteiger partial charge in [0, 0.05) is 17.5 Å². The Balaban J connectivity index is 2.43. The van der Waals surface area contributed by atoms with Crippen molar-refractivity contribution in [2.75, 3.05) is 0 Å². The molecular weight excluding hydrogens is 409 g/mol. The van der Waals surface area contributed by atoms with Crippen LogP contribution in [-0.2, 0) is 5.33 Å². The monoisotopic (exact) mass is 417 g/mol. The number of hydrogen-bond acceptors (Lipinski definition) is 3. The maximum atomic E-state index is 13.6. The second-order valence-corrected chi connectivity index (χ2v) is 5.74. The lowest BCUT2D eigenvalue weighted by molar-refractivity contribution is -0.385. The smallest absolute Gasteiger partial charge is 0.312 e. The number of nitro benzene ring substituents is 1. The van der Waals surface area contributed by atoms with Crippen LogP contribution in [0, 0.1) is 22.9 Å². The maximum Gasteiger partial charge on any atom is 0.312 e. The van der Waals surface area contributed by atoms with E-state index in [1.807, 2.05) is 19.1 Å². The summed E-state index contributed by atoms with van der Waals surface area (Å²) >= 11 is 6.27. The molecule has 2 aromatic rings. The molecule has 0 saturated heterocycles. The highest BCUT2D eigenvalue weighted by atomic mass is 79.9. The molecule has 0 N–H and O–H groups in total. The summed E-state index contributed by atoms with van der Waals surface area (Å²) in [4.78, 5) is 10.4. The van der Waals surface area contributed by atoms with Gasteiger partial charge in [-0.3, -0.25) is 10.1 Å². The van der Waals surface area contributed by atoms with E-state index in [-0.39, 0.29) is 15.9 Å². The number of ether oxygens (including phenoxy) is 1. The van der Waals surface area contributed by atoms with Gasteiger partial charge in [-0.25, -0.2) is 4.39 Å². The number of rotatable bonds is 4. The van der Waals surface area contributed by atoms with Crippen LogP contribution >= 0.6 is 31.9 Å². The molecule has 0 aliphatic rings. The lowest BCUT2D eigenvalue weighted by Gasteiger charge is -2.10. The summed E-state index contributed by atoms with van der Waals surface area (Å²) in [6.07, 6.45) is 0. The molecule has 21 heavy (non-hydrogen) atoms. The quantitative estimate of drug-likeness (QED) is 0.374. The molecule has 0 spiro atoms. The van der Waals surface area contributed by atoms with Crippen LogP contribution in [-0.4, -0.2) is 4.92 Å². The fourth-order valence-electron chi connectivity index (χ4n) is 1.77. The van der Waals surface area contributed by atoms with Gasteiger partial charge in [0.05, 0.1) is 9.40 Å². The van der Waals surface area contributed by atoms with Crippen molar-refractivity contribution in [3.8, 4) is 11.5 Å². The van der Waals surface area contributed by atoms with E-state index in [1.54, 1.807) is 6.07 Å². The van der Waals surface area contributed by atoms with Gasteiger partial charge in [0.2, 0.25) is 5.75 Å². The van der Waals surface area contributed by atoms with Crippen LogP contribution in [0.5, 0.6) is 11.5 Å². The summed E-state index contributed by atoms with van der Waals surface area (Å²) in [7, 11) is 0. The number of aryl methyl sites for hydroxylation is 1. The van der Waals surface area contributed by atoms with Crippen molar-refractivity contribution in [1.82, 2.24) is 0 Å². The fraction of sp³-hybridized carbons (Fsp3) is 0.143. The SMILES string of the molecule is Cc1cc(CBr)ccc1Oc1cc(F)c(Br)cc1[N+](=O)[O-]. The van der Waals surface area contributed by atoms with Gasteiger partial charge in [-0.05, 0) is 40.0 Å². The van der Waals surface area contributed by atoms with Crippen LogP contribution in [0.15, 0.2) is 34.8 Å². The van der Waals surface area contributed by atoms with Gasteiger partial charge in [-0.1, -0.05) is 28.1 Å². The third-order valence-corrected chi connectivity index (χ3v) is 4.07. The van der Waals surface area contributed by atoms with Gasteiger partial charge < -0.3 is 4.74 Å². The predicted molar refractivity (Wildman–Crippen MR) is 84.6 cm³/mol. The van der Waals surface area contributed by atoms with Crippen LogP contribution in [0.1, 0.15) is 11.1 Å². The molecule has 7 heteroatoms. The minimum atomic E-state index is -0.620. The Morgan fingerprint density at radius 3 is 2.57 bits per heavy atom. The average Bonchev–Trinajstić information content (AvgIpc) is 2.44. The molecule has 0 aromatic heterocycles. The van der Waals surface area contributed by atoms with E-state index in [4.69, 9.17) is 4.74 Å². The number of nitro groups is 1. The van der Waals surface area contributed by atoms with Crippen molar-refractivity contribution in [2.45, 2.75) is 12.3 Å². The molecule has 2 aromatic carbocycles. The maximum absolute atomic E-state index is 13.6. The fourth-order valence-corrected chi connectivity index (χ4v) is 2.45. The molecule has 0 saturated carbocycles. The molecule has 4 nitrogen and oxygen atoms in total. The standard InChI is InChI=1S/C14H10Br2FNO3/c1-8-4-9(7-15)2-3-13(8)21-14-6-11(17)10(16)5-12(14)18(19)20/h2-6H,7H2,1H3. The average molecular weight is 419 g/mol. The largest absolute Gasteiger partial charge is 0.450 e. The number of hydrogen-bond donors (Lipinski definition) is 0. The van der Waals surface area contributed by atoms with Gasteiger partial charge in [0.15, 0.2) is 0 Å². The first-order chi connectivity index (χ1) is 9.92. The summed E-state index contributed by atoms with van der Waals surface area (Å²) in [5.74, 6) is -0.301. The highest BCUT2D eigenvalue weighted by Gasteiger charge is 2.20. The molecule has 0 heterocycles. The molecule has 0 unspecified atom stereocenters. The molecule has 0 aliphatic carbocycles. The topological polar surface area (TPSA) is 52.4 Å². The Kier molecular flexibility index (Phi) is 4.95. The zero-order chi connectivity index (χ0) is 15.6. The van der Waals surface area contributed by atoms with Gasteiger partial charge in [-0.15, -0.1) is 0 Å². The Morgan fingerprint density at radius 2 is 2.00 bits per heavy atom. The third kappa shape index (κ3) is 3.59. The number of benzene rings is 2. The van der Waals surface area contributed by atoms with Crippen molar-refractivity contribution in [1.29, 1.82) is 0 Å². The first-order valence-electron chi connectivity index (χ1n) is 5.89. The van der Waals surface area contributed by atoms with Crippen LogP contribution in [0.25, 0.3) is 0 Å². The summed E-state index contributed by atoms with van der Waals surface area (Å²) in [5.41, 5.74) is 1.56. The summed E-state index contributed by atoms with van der Waals surface area (Å²) in [5, 5.41) is 11.7. The van der Waals surface area contributed by atoms with Crippen LogP contribution in [0.2, 0.25) is 0 Å². The van der Waals surface area contributed by atoms with Crippen molar-refractivity contribution in [3.63, 3.8) is 0 Å². The Labute approximate surface area is 137 Å². The molecule has 0 bridgehead atoms. The first-order valence-corrected chi connectivity index (χ1v) is 7.80. The van der Waals surface area contributed by atoms with Gasteiger partial charge in [0.1, 0.15) is 11.6 Å². The lowest BCUT2D eigenvalue weighted by Crippen LogP contribution is -1.96. The van der Waals surface area contributed by atoms with Crippen molar-refractivity contribution in [2.24, 2.45) is 0 Å². The minimum Gasteiger partial charge on any atom is -0.450 e. The van der Waals surface area contributed by atoms with E-state index >= 15 is 0 Å². The second kappa shape index (κ2) is 6.53. The zero-order valence-electron chi connectivity index (χ0n) is 10.9. The van der Waals surface area contributed by atoms with Crippen LogP contribution in [0.3, 0.4) is 0 Å². The highest BCUT2D eigenvalue weighted by Crippen LogP contribution is 2.36. The first kappa shape index (κ1) is 15.9. The predicted octanol–water partition coefficient (Wildman–Crippen LogP) is 5.49. The normalized spacial score (nSPS) is 10.5. The van der Waals surface area contributed by atoms with Crippen LogP contribution in [0.4, 0.5) is 10.1 Å². The van der Waals surface area contributed by atoms with Gasteiger partial charge >= 0.3 is 5.69 Å². The molecular formula is C14H10Br2FNO3. The Bertz CT molecular complexity index is 707.